The number of ether oxygens (including phenoxy) is 1. The monoisotopic (exact) mass is 248 g/mol. The summed E-state index contributed by atoms with van der Waals surface area (Å²) >= 11 is 0. The SMILES string of the molecule is COCCN(C)CCNc1nccc(C)c1C#N. The van der Waals surface area contributed by atoms with Gasteiger partial charge in [-0.25, -0.2) is 4.98 Å². The summed E-state index contributed by atoms with van der Waals surface area (Å²) in [6.07, 6.45) is 1.72. The van der Waals surface area contributed by atoms with Gasteiger partial charge in [-0.1, -0.05) is 0 Å². The van der Waals surface area contributed by atoms with Gasteiger partial charge in [0.1, 0.15) is 11.9 Å². The van der Waals surface area contributed by atoms with Crippen molar-refractivity contribution < 1.29 is 4.74 Å². The first-order valence-electron chi connectivity index (χ1n) is 5.96. The molecule has 0 bridgehead atoms. The number of likely N-dealkylation sites (N-methyl/N-ethyl adjacent to an activating group) is 1. The van der Waals surface area contributed by atoms with Crippen LogP contribution in [-0.2, 0) is 4.74 Å². The summed E-state index contributed by atoms with van der Waals surface area (Å²) in [7, 11) is 3.73. The molecule has 0 saturated heterocycles. The fraction of sp³-hybridized carbons (Fsp3) is 0.538. The summed E-state index contributed by atoms with van der Waals surface area (Å²) in [6, 6.07) is 4.02. The van der Waals surface area contributed by atoms with Gasteiger partial charge in [-0.05, 0) is 25.6 Å². The highest BCUT2D eigenvalue weighted by Gasteiger charge is 2.06. The number of pyridine rings is 1. The highest BCUT2D eigenvalue weighted by atomic mass is 16.5. The summed E-state index contributed by atoms with van der Waals surface area (Å²) < 4.78 is 5.01. The number of anilines is 1. The molecule has 1 aromatic rings. The van der Waals surface area contributed by atoms with Gasteiger partial charge in [0.25, 0.3) is 0 Å². The van der Waals surface area contributed by atoms with Gasteiger partial charge < -0.3 is 15.0 Å². The van der Waals surface area contributed by atoms with Crippen LogP contribution in [0.5, 0.6) is 0 Å². The summed E-state index contributed by atoms with van der Waals surface area (Å²) in [4.78, 5) is 6.36. The molecular weight excluding hydrogens is 228 g/mol. The van der Waals surface area contributed by atoms with E-state index in [2.05, 4.69) is 21.3 Å². The van der Waals surface area contributed by atoms with Crippen LogP contribution in [0.3, 0.4) is 0 Å². The fourth-order valence-electron chi connectivity index (χ4n) is 1.56. The number of rotatable bonds is 7. The van der Waals surface area contributed by atoms with Crippen LogP contribution in [0, 0.1) is 18.3 Å². The van der Waals surface area contributed by atoms with Gasteiger partial charge in [-0.3, -0.25) is 0 Å². The van der Waals surface area contributed by atoms with E-state index in [1.165, 1.54) is 0 Å². The highest BCUT2D eigenvalue weighted by molar-refractivity contribution is 5.55. The molecule has 98 valence electrons. The average Bonchev–Trinajstić information content (AvgIpc) is 2.36. The summed E-state index contributed by atoms with van der Waals surface area (Å²) in [6.45, 7) is 5.17. The van der Waals surface area contributed by atoms with E-state index in [9.17, 15) is 0 Å². The van der Waals surface area contributed by atoms with Crippen molar-refractivity contribution in [3.63, 3.8) is 0 Å². The molecule has 0 atom stereocenters. The van der Waals surface area contributed by atoms with Crippen LogP contribution in [0.15, 0.2) is 12.3 Å². The van der Waals surface area contributed by atoms with Gasteiger partial charge in [-0.15, -0.1) is 0 Å². The molecule has 1 rings (SSSR count). The average molecular weight is 248 g/mol. The second kappa shape index (κ2) is 7.64. The Morgan fingerprint density at radius 2 is 2.28 bits per heavy atom. The van der Waals surface area contributed by atoms with Crippen LogP contribution in [0.1, 0.15) is 11.1 Å². The van der Waals surface area contributed by atoms with Crippen molar-refractivity contribution in [2.24, 2.45) is 0 Å². The topological polar surface area (TPSA) is 61.2 Å². The molecule has 0 aliphatic carbocycles. The van der Waals surface area contributed by atoms with Crippen LogP contribution in [-0.4, -0.2) is 50.3 Å². The number of aromatic nitrogens is 1. The normalized spacial score (nSPS) is 10.4. The van der Waals surface area contributed by atoms with Crippen molar-refractivity contribution in [3.05, 3.63) is 23.4 Å². The summed E-state index contributed by atoms with van der Waals surface area (Å²) in [5, 5.41) is 12.3. The van der Waals surface area contributed by atoms with Crippen molar-refractivity contribution in [2.45, 2.75) is 6.92 Å². The lowest BCUT2D eigenvalue weighted by Gasteiger charge is -2.16. The van der Waals surface area contributed by atoms with Crippen LogP contribution in [0.4, 0.5) is 5.82 Å². The minimum atomic E-state index is 0.622. The number of methoxy groups -OCH3 is 1. The lowest BCUT2D eigenvalue weighted by atomic mass is 10.1. The van der Waals surface area contributed by atoms with Crippen molar-refractivity contribution >= 4 is 5.82 Å². The molecule has 0 fully saturated rings. The molecule has 0 radical (unpaired) electrons. The first-order chi connectivity index (χ1) is 8.69. The van der Waals surface area contributed by atoms with E-state index in [1.54, 1.807) is 13.3 Å². The molecule has 0 aromatic carbocycles. The standard InChI is InChI=1S/C13H20N4O/c1-11-4-5-15-13(12(11)10-14)16-6-7-17(2)8-9-18-3/h4-5H,6-9H2,1-3H3,(H,15,16). The first kappa shape index (κ1) is 14.4. The van der Waals surface area contributed by atoms with Crippen LogP contribution >= 0.6 is 0 Å². The first-order valence-corrected chi connectivity index (χ1v) is 5.96. The number of hydrogen-bond acceptors (Lipinski definition) is 5. The Balaban J connectivity index is 2.45. The van der Waals surface area contributed by atoms with Gasteiger partial charge in [0.2, 0.25) is 0 Å². The van der Waals surface area contributed by atoms with Crippen LogP contribution in [0.25, 0.3) is 0 Å². The number of aryl methyl sites for hydroxylation is 1. The molecule has 18 heavy (non-hydrogen) atoms. The number of nitriles is 1. The third kappa shape index (κ3) is 4.32. The largest absolute Gasteiger partial charge is 0.383 e. The van der Waals surface area contributed by atoms with Crippen LogP contribution < -0.4 is 5.32 Å². The number of nitrogens with one attached hydrogen (secondary N) is 1. The molecule has 0 amide bonds. The zero-order valence-electron chi connectivity index (χ0n) is 11.2. The van der Waals surface area contributed by atoms with Crippen molar-refractivity contribution in [3.8, 4) is 6.07 Å². The Labute approximate surface area is 108 Å². The molecular formula is C13H20N4O. The highest BCUT2D eigenvalue weighted by Crippen LogP contribution is 2.14. The second-order valence-corrected chi connectivity index (χ2v) is 4.19. The quantitative estimate of drug-likeness (QED) is 0.787. The zero-order chi connectivity index (χ0) is 13.4. The third-order valence-electron chi connectivity index (χ3n) is 2.73. The molecule has 5 heteroatoms. The van der Waals surface area contributed by atoms with E-state index in [0.717, 1.165) is 31.8 Å². The van der Waals surface area contributed by atoms with E-state index < -0.39 is 0 Å². The van der Waals surface area contributed by atoms with E-state index >= 15 is 0 Å². The number of hydrogen-bond donors (Lipinski definition) is 1. The van der Waals surface area contributed by atoms with E-state index in [4.69, 9.17) is 10.00 Å². The summed E-state index contributed by atoms with van der Waals surface area (Å²) in [5.74, 6) is 0.664. The maximum atomic E-state index is 9.07. The van der Waals surface area contributed by atoms with Gasteiger partial charge >= 0.3 is 0 Å². The van der Waals surface area contributed by atoms with Crippen molar-refractivity contribution in [2.75, 3.05) is 45.7 Å². The predicted octanol–water partition coefficient (Wildman–Crippen LogP) is 1.25. The molecule has 1 N–H and O–H groups in total. The molecule has 0 unspecified atom stereocenters. The maximum Gasteiger partial charge on any atom is 0.144 e. The Kier molecular flexibility index (Phi) is 6.12. The molecule has 0 spiro atoms. The Hall–Kier alpha value is -1.64. The Morgan fingerprint density at radius 1 is 1.50 bits per heavy atom. The van der Waals surface area contributed by atoms with Gasteiger partial charge in [-0.2, -0.15) is 5.26 Å². The van der Waals surface area contributed by atoms with E-state index in [1.807, 2.05) is 20.0 Å². The Bertz CT molecular complexity index is 414. The lowest BCUT2D eigenvalue weighted by Crippen LogP contribution is -2.28. The van der Waals surface area contributed by atoms with Crippen LogP contribution in [0.2, 0.25) is 0 Å². The van der Waals surface area contributed by atoms with Gasteiger partial charge in [0.05, 0.1) is 12.2 Å². The van der Waals surface area contributed by atoms with E-state index in [0.29, 0.717) is 11.4 Å². The number of nitrogens with zero attached hydrogens (tertiary/aromatic N) is 3. The lowest BCUT2D eigenvalue weighted by molar-refractivity contribution is 0.163. The van der Waals surface area contributed by atoms with Gasteiger partial charge in [0, 0.05) is 32.9 Å². The minimum absolute atomic E-state index is 0.622. The predicted molar refractivity (Wildman–Crippen MR) is 71.6 cm³/mol. The Morgan fingerprint density at radius 3 is 2.94 bits per heavy atom. The third-order valence-corrected chi connectivity index (χ3v) is 2.73. The zero-order valence-corrected chi connectivity index (χ0v) is 11.2. The van der Waals surface area contributed by atoms with Gasteiger partial charge in [0.15, 0.2) is 0 Å². The molecule has 0 saturated carbocycles. The molecule has 5 nitrogen and oxygen atoms in total. The maximum absolute atomic E-state index is 9.07. The van der Waals surface area contributed by atoms with Crippen molar-refractivity contribution in [1.82, 2.24) is 9.88 Å². The second-order valence-electron chi connectivity index (χ2n) is 4.19. The molecule has 1 heterocycles. The smallest absolute Gasteiger partial charge is 0.144 e. The van der Waals surface area contributed by atoms with E-state index in [-0.39, 0.29) is 0 Å². The molecule has 1 aromatic heterocycles. The van der Waals surface area contributed by atoms with Crippen molar-refractivity contribution in [1.29, 1.82) is 5.26 Å². The fourth-order valence-corrected chi connectivity index (χ4v) is 1.56. The summed E-state index contributed by atoms with van der Waals surface area (Å²) in [5.41, 5.74) is 1.57. The minimum Gasteiger partial charge on any atom is -0.383 e. The molecule has 0 aliphatic rings. The molecule has 0 aliphatic heterocycles.